The van der Waals surface area contributed by atoms with Crippen molar-refractivity contribution in [1.82, 2.24) is 72.7 Å². The predicted molar refractivity (Wildman–Crippen MR) is 486 cm³/mol. The molecule has 142 heavy (non-hydrogen) atoms. The number of anilines is 5. The fourth-order valence-corrected chi connectivity index (χ4v) is 23.9. The zero-order valence-electron chi connectivity index (χ0n) is 78.4. The molecule has 8 fully saturated rings. The molecule has 24 N–H and O–H groups in total. The molecule has 18 heterocycles. The molecule has 0 aromatic carbocycles. The van der Waals surface area contributed by atoms with Gasteiger partial charge in [0.1, 0.15) is 178 Å². The first-order valence-corrected chi connectivity index (χ1v) is 52.2. The highest BCUT2D eigenvalue weighted by atomic mass is 31.3. The number of nitriles is 1. The second-order valence-electron chi connectivity index (χ2n) is 36.6. The fourth-order valence-electron chi connectivity index (χ4n) is 18.7. The Morgan fingerprint density at radius 1 is 0.380 bits per heavy atom. The van der Waals surface area contributed by atoms with Crippen LogP contribution in [0, 0.1) is 11.3 Å². The van der Waals surface area contributed by atoms with Crippen LogP contribution < -0.4 is 28.7 Å². The lowest BCUT2D eigenvalue weighted by Gasteiger charge is -2.30. The summed E-state index contributed by atoms with van der Waals surface area (Å²) < 4.78 is 176. The number of hydrogen-bond donors (Lipinski definition) is 19. The SMILES string of the molecule is C[C@H](O)[C@H]1O[C@@H](n2ccc3c(N)ncnc32)[C@]2(C)OC(C)(C)O[C@H]12.C[C@H](OP(=O)(O)O)[C@H]1O[C@@H](n2ccc3c(N)ncnc32)[C@](C)(O)[C@@H]1O.C[C@H](OP(=O)(O)O)[C@H]1O[C@@H](n2ccc3c(N)ncnc32)[C@]2(C)OC(C)(C)O[C@H]12.C[C@H](OP(=O)(O)OCCC#N)[C@H]1O[C@@H](n2ccc3c(N)ncnc32)[C@]2(C)OC(C)(C)O[C@H]12.C[C@H](OP(=O)(O)OP(=O)(O)OP(=O)(O)O)[C@H]1O[C@@H](n2ccc3c(N)ncnc32)[C@](C)(O)[C@@H]1O. The molecule has 28 atom stereocenters. The van der Waals surface area contributed by atoms with E-state index in [-0.39, 0.29) is 30.3 Å². The average Bonchev–Trinajstić information content (AvgIpc) is 1.51. The van der Waals surface area contributed by atoms with Crippen LogP contribution >= 0.6 is 46.9 Å². The number of phosphoric ester groups is 4. The molecule has 782 valence electrons. The van der Waals surface area contributed by atoms with Crippen LogP contribution in [0.15, 0.2) is 93.0 Å². The van der Waals surface area contributed by atoms with E-state index < -0.39 is 215 Å². The molecule has 8 aliphatic rings. The largest absolute Gasteiger partial charge is 0.490 e. The smallest absolute Gasteiger partial charge is 0.391 e. The summed E-state index contributed by atoms with van der Waals surface area (Å²) in [7, 11) is -30.7. The molecule has 10 aromatic heterocycles. The van der Waals surface area contributed by atoms with Gasteiger partial charge in [-0.1, -0.05) is 0 Å². The maximum absolute atomic E-state index is 12.3. The lowest BCUT2D eigenvalue weighted by atomic mass is 9.94. The number of nitrogens with two attached hydrogens (primary N) is 5. The molecule has 0 saturated carbocycles. The summed E-state index contributed by atoms with van der Waals surface area (Å²) in [5.74, 6) is -1.13. The van der Waals surface area contributed by atoms with Crippen LogP contribution in [-0.4, -0.2) is 286 Å². The van der Waals surface area contributed by atoms with E-state index in [1.807, 2.05) is 57.5 Å². The van der Waals surface area contributed by atoms with E-state index in [1.54, 1.807) is 93.5 Å². The molecule has 0 spiro atoms. The summed E-state index contributed by atoms with van der Waals surface area (Å²) in [6, 6.07) is 10.4. The number of rotatable bonds is 25. The molecule has 59 nitrogen and oxygen atoms in total. The lowest BCUT2D eigenvalue weighted by molar-refractivity contribution is -0.221. The quantitative estimate of drug-likeness (QED) is 0.0283. The van der Waals surface area contributed by atoms with Crippen LogP contribution in [0.2, 0.25) is 0 Å². The van der Waals surface area contributed by atoms with E-state index in [0.717, 1.165) is 12.3 Å². The molecule has 0 aliphatic carbocycles. The Morgan fingerprint density at radius 2 is 0.641 bits per heavy atom. The van der Waals surface area contributed by atoms with Gasteiger partial charge in [0.25, 0.3) is 0 Å². The van der Waals surface area contributed by atoms with Crippen LogP contribution in [0.25, 0.3) is 55.2 Å². The summed E-state index contributed by atoms with van der Waals surface area (Å²) in [6.07, 6.45) is -4.21. The number of aliphatic hydroxyl groups excluding tert-OH is 3. The van der Waals surface area contributed by atoms with Gasteiger partial charge >= 0.3 is 46.9 Å². The van der Waals surface area contributed by atoms with E-state index >= 15 is 0 Å². The van der Waals surface area contributed by atoms with Gasteiger partial charge in [-0.2, -0.15) is 13.9 Å². The molecule has 0 amide bonds. The Balaban J connectivity index is 0.000000142. The van der Waals surface area contributed by atoms with Gasteiger partial charge in [0.15, 0.2) is 48.5 Å². The van der Waals surface area contributed by atoms with Crippen LogP contribution in [0.4, 0.5) is 29.1 Å². The van der Waals surface area contributed by atoms with E-state index in [2.05, 4.69) is 67.5 Å². The highest BCUT2D eigenvalue weighted by Gasteiger charge is 2.70. The molecular formula is C77H111N21O38P6. The minimum Gasteiger partial charge on any atom is -0.391 e. The van der Waals surface area contributed by atoms with E-state index in [4.69, 9.17) is 119 Å². The summed E-state index contributed by atoms with van der Waals surface area (Å²) in [4.78, 5) is 123. The van der Waals surface area contributed by atoms with Crippen molar-refractivity contribution in [2.75, 3.05) is 35.3 Å². The van der Waals surface area contributed by atoms with Gasteiger partial charge in [-0.3, -0.25) is 22.6 Å². The normalized spacial score (nSPS) is 32.5. The van der Waals surface area contributed by atoms with Crippen molar-refractivity contribution in [1.29, 1.82) is 5.26 Å². The van der Waals surface area contributed by atoms with Gasteiger partial charge in [-0.25, -0.2) is 77.2 Å². The Hall–Kier alpha value is -8.31. The van der Waals surface area contributed by atoms with Crippen molar-refractivity contribution in [3.8, 4) is 6.07 Å². The van der Waals surface area contributed by atoms with Gasteiger partial charge in [-0.15, -0.1) is 0 Å². The highest BCUT2D eigenvalue weighted by molar-refractivity contribution is 7.66. The third-order valence-electron chi connectivity index (χ3n) is 24.3. The van der Waals surface area contributed by atoms with Crippen molar-refractivity contribution in [2.24, 2.45) is 0 Å². The van der Waals surface area contributed by atoms with E-state index in [1.165, 1.54) is 74.7 Å². The first kappa shape index (κ1) is 109. The van der Waals surface area contributed by atoms with Gasteiger partial charge in [0, 0.05) is 31.0 Å². The van der Waals surface area contributed by atoms with Crippen molar-refractivity contribution in [3.63, 3.8) is 0 Å². The number of phosphoric acid groups is 6. The maximum Gasteiger partial charge on any atom is 0.490 e. The van der Waals surface area contributed by atoms with Crippen molar-refractivity contribution < 1.29 is 180 Å². The summed E-state index contributed by atoms with van der Waals surface area (Å²) >= 11 is 0. The highest BCUT2D eigenvalue weighted by Crippen LogP contribution is 2.68. The Morgan fingerprint density at radius 3 is 0.930 bits per heavy atom. The van der Waals surface area contributed by atoms with E-state index in [0.29, 0.717) is 61.6 Å². The number of fused-ring (bicyclic) bond motifs is 8. The van der Waals surface area contributed by atoms with Crippen LogP contribution in [0.5, 0.6) is 0 Å². The Labute approximate surface area is 805 Å². The number of ether oxygens (including phenoxy) is 11. The molecule has 65 heteroatoms. The van der Waals surface area contributed by atoms with Crippen molar-refractivity contribution in [2.45, 2.75) is 285 Å². The standard InChI is InChI=1S/C19H26N5O7P.C16H23N4O7P.C16H22N4O4.C13H21N4O13P3.C13H19N4O7P/c1-11(30-32(25,26)27-9-5-7-20)13-14-19(4,31-18(2,3)29-14)17(28-13)24-8-6-12-15(21)22-10-23-16(12)24;1-8(26-28(21,22)23)10-11-16(4,27-15(2,3)25-11)14(24-10)20-6-5-9-12(17)18-7-19-13(9)20;1-8(21)10-11-16(4,24-15(2,3)23-11)14(22-10)20-6-5-9-12(17)18-7-19-13(9)20;1-6(28-32(23,24)30-33(25,26)29-31(20,21)22)8-9(18)13(2,19)12(27-8)17-4-3-7-10(14)15-5-16-11(7)17;1-6(24-25(20,21)22)8-9(18)13(2,19)12(23-8)17-4-3-7-10(14)15-5-16-11(7)17/h6,8,10-11,13-14,17H,5,9H2,1-4H3,(H,25,26)(H2,21,22,23);5-8,10-11,14H,1-4H3,(H2,17,18,19)(H2,21,22,23);5-8,10-11,14,21H,1-4H3,(H2,17,18,19);3-6,8-9,12,18-19H,1-2H3,(H,23,24)(H,25,26)(H2,14,15,16)(H2,20,21,22);3-6,8-9,12,18-19H,1-2H3,(H2,14,15,16)(H2,20,21,22)/t11-,13+,14+,17+,19+;2*8-,10+,11+,14+,16+;2*6-,8+,9+,12+,13+/m00000/s1. The van der Waals surface area contributed by atoms with Gasteiger partial charge in [0.05, 0.1) is 76.5 Å². The molecule has 0 bridgehead atoms. The topological polar surface area (TPSA) is 859 Å². The maximum atomic E-state index is 12.3. The average molecular weight is 2120 g/mol. The van der Waals surface area contributed by atoms with Crippen LogP contribution in [0.3, 0.4) is 0 Å². The number of aromatic nitrogens is 15. The Kier molecular flexibility index (Phi) is 30.3. The molecule has 10 aromatic rings. The fraction of sp³-hybridized carbons (Fsp3) is 0.597. The second kappa shape index (κ2) is 39.4. The molecular weight excluding hydrogens is 2010 g/mol. The van der Waals surface area contributed by atoms with Crippen LogP contribution in [-0.2, 0) is 111 Å². The molecule has 3 unspecified atom stereocenters. The molecule has 0 radical (unpaired) electrons. The monoisotopic (exact) mass is 2120 g/mol. The van der Waals surface area contributed by atoms with E-state index in [9.17, 15) is 77.4 Å². The van der Waals surface area contributed by atoms with Gasteiger partial charge in [-0.05, 0) is 141 Å². The number of nitrogens with zero attached hydrogens (tertiary/aromatic N) is 16. The summed E-state index contributed by atoms with van der Waals surface area (Å²) in [6.45, 7) is 26.0. The number of aliphatic hydroxyl groups is 5. The zero-order chi connectivity index (χ0) is 105. The first-order valence-electron chi connectivity index (χ1n) is 43.1. The summed E-state index contributed by atoms with van der Waals surface area (Å²) in [5, 5.41) is 64.4. The van der Waals surface area contributed by atoms with Crippen molar-refractivity contribution >= 4 is 131 Å². The lowest BCUT2D eigenvalue weighted by Crippen LogP contribution is -2.46. The molecule has 8 aliphatic heterocycles. The third-order valence-corrected chi connectivity index (χ3v) is 30.6. The number of nitrogen functional groups attached to an aromatic ring is 5. The minimum atomic E-state index is -5.73. The third kappa shape index (κ3) is 22.3. The number of hydrogen-bond acceptors (Lipinski definition) is 45. The van der Waals surface area contributed by atoms with Crippen LogP contribution in [0.1, 0.15) is 148 Å². The zero-order valence-corrected chi connectivity index (χ0v) is 83.8. The second-order valence-corrected chi connectivity index (χ2v) is 44.8. The van der Waals surface area contributed by atoms with Gasteiger partial charge < -0.3 is 173 Å². The van der Waals surface area contributed by atoms with Gasteiger partial charge in [0.2, 0.25) is 0 Å². The molecule has 18 rings (SSSR count). The minimum absolute atomic E-state index is 0.0399. The van der Waals surface area contributed by atoms with Crippen molar-refractivity contribution in [3.05, 3.63) is 93.0 Å². The predicted octanol–water partition coefficient (Wildman–Crippen LogP) is 4.05. The first-order chi connectivity index (χ1) is 65.6. The Bertz CT molecular complexity index is 6670. The molecule has 8 saturated heterocycles. The summed E-state index contributed by atoms with van der Waals surface area (Å²) in [5.41, 5.74) is 25.3.